The van der Waals surface area contributed by atoms with Crippen LogP contribution in [0, 0.1) is 0 Å². The van der Waals surface area contributed by atoms with E-state index in [4.69, 9.17) is 9.47 Å². The van der Waals surface area contributed by atoms with Crippen LogP contribution in [0.2, 0.25) is 0 Å². The van der Waals surface area contributed by atoms with Crippen molar-refractivity contribution >= 4 is 0 Å². The van der Waals surface area contributed by atoms with Crippen LogP contribution in [0.4, 0.5) is 0 Å². The summed E-state index contributed by atoms with van der Waals surface area (Å²) >= 11 is 0. The molecule has 4 nitrogen and oxygen atoms in total. The van der Waals surface area contributed by atoms with Crippen molar-refractivity contribution in [2.24, 2.45) is 0 Å². The fourth-order valence-corrected chi connectivity index (χ4v) is 3.81. The van der Waals surface area contributed by atoms with Crippen LogP contribution in [0.15, 0.2) is 0 Å². The number of phenols is 2. The SMILES string of the molecule is CCCCCCCc1c(O)c(O)c(OCCC)c(OCCC)c1CCCCCCC. The number of ether oxygens (including phenoxy) is 2. The molecule has 2 N–H and O–H groups in total. The molecule has 1 aromatic carbocycles. The summed E-state index contributed by atoms with van der Waals surface area (Å²) in [6.07, 6.45) is 15.1. The highest BCUT2D eigenvalue weighted by Gasteiger charge is 2.25. The van der Waals surface area contributed by atoms with Crippen molar-refractivity contribution in [2.45, 2.75) is 118 Å². The van der Waals surface area contributed by atoms with E-state index in [2.05, 4.69) is 20.8 Å². The Labute approximate surface area is 185 Å². The van der Waals surface area contributed by atoms with Gasteiger partial charge in [-0.05, 0) is 38.5 Å². The topological polar surface area (TPSA) is 58.9 Å². The van der Waals surface area contributed by atoms with Gasteiger partial charge in [-0.15, -0.1) is 0 Å². The quantitative estimate of drug-likeness (QED) is 0.188. The van der Waals surface area contributed by atoms with E-state index in [0.717, 1.165) is 56.1 Å². The Morgan fingerprint density at radius 1 is 0.500 bits per heavy atom. The summed E-state index contributed by atoms with van der Waals surface area (Å²) < 4.78 is 12.0. The molecule has 1 aromatic rings. The van der Waals surface area contributed by atoms with Crippen LogP contribution in [0.3, 0.4) is 0 Å². The van der Waals surface area contributed by atoms with Crippen LogP contribution in [-0.2, 0) is 12.8 Å². The van der Waals surface area contributed by atoms with Crippen LogP contribution in [0.5, 0.6) is 23.0 Å². The molecule has 0 aliphatic rings. The lowest BCUT2D eigenvalue weighted by atomic mass is 9.93. The minimum Gasteiger partial charge on any atom is -0.504 e. The zero-order valence-electron chi connectivity index (χ0n) is 20.0. The Kier molecular flexibility index (Phi) is 14.2. The van der Waals surface area contributed by atoms with Crippen molar-refractivity contribution in [1.82, 2.24) is 0 Å². The Balaban J connectivity index is 3.19. The molecule has 0 radical (unpaired) electrons. The van der Waals surface area contributed by atoms with Crippen molar-refractivity contribution in [3.8, 4) is 23.0 Å². The van der Waals surface area contributed by atoms with E-state index in [-0.39, 0.29) is 11.5 Å². The van der Waals surface area contributed by atoms with Gasteiger partial charge < -0.3 is 19.7 Å². The maximum atomic E-state index is 10.9. The Bertz CT molecular complexity index is 583. The van der Waals surface area contributed by atoms with Gasteiger partial charge in [0.25, 0.3) is 0 Å². The maximum absolute atomic E-state index is 10.9. The summed E-state index contributed by atoms with van der Waals surface area (Å²) in [5, 5.41) is 21.6. The fourth-order valence-electron chi connectivity index (χ4n) is 3.81. The third-order valence-electron chi connectivity index (χ3n) is 5.53. The highest BCUT2D eigenvalue weighted by atomic mass is 16.5. The fraction of sp³-hybridized carbons (Fsp3) is 0.769. The predicted molar refractivity (Wildman–Crippen MR) is 126 cm³/mol. The van der Waals surface area contributed by atoms with E-state index in [9.17, 15) is 10.2 Å². The molecule has 0 unspecified atom stereocenters. The Morgan fingerprint density at radius 2 is 0.967 bits per heavy atom. The lowest BCUT2D eigenvalue weighted by molar-refractivity contribution is 0.250. The molecule has 0 spiro atoms. The van der Waals surface area contributed by atoms with Crippen molar-refractivity contribution in [2.75, 3.05) is 13.2 Å². The van der Waals surface area contributed by atoms with Gasteiger partial charge in [0.05, 0.1) is 13.2 Å². The van der Waals surface area contributed by atoms with E-state index >= 15 is 0 Å². The van der Waals surface area contributed by atoms with Crippen LogP contribution < -0.4 is 9.47 Å². The minimum absolute atomic E-state index is 0.0102. The molecule has 0 saturated heterocycles. The van der Waals surface area contributed by atoms with E-state index in [1.165, 1.54) is 44.9 Å². The largest absolute Gasteiger partial charge is 0.504 e. The first kappa shape index (κ1) is 26.5. The summed E-state index contributed by atoms with van der Waals surface area (Å²) in [4.78, 5) is 0. The average molecular weight is 423 g/mol. The number of hydrogen-bond acceptors (Lipinski definition) is 4. The van der Waals surface area contributed by atoms with Crippen molar-refractivity contribution in [3.05, 3.63) is 11.1 Å². The van der Waals surface area contributed by atoms with E-state index in [0.29, 0.717) is 24.7 Å². The summed E-state index contributed by atoms with van der Waals surface area (Å²) in [5.74, 6) is 0.803. The Morgan fingerprint density at radius 3 is 1.47 bits per heavy atom. The maximum Gasteiger partial charge on any atom is 0.207 e. The molecule has 174 valence electrons. The molecule has 0 saturated carbocycles. The second-order valence-corrected chi connectivity index (χ2v) is 8.34. The van der Waals surface area contributed by atoms with Crippen molar-refractivity contribution < 1.29 is 19.7 Å². The van der Waals surface area contributed by atoms with E-state index < -0.39 is 0 Å². The predicted octanol–water partition coefficient (Wildman–Crippen LogP) is 7.70. The molecule has 0 aliphatic heterocycles. The molecular weight excluding hydrogens is 376 g/mol. The number of benzene rings is 1. The first-order valence-corrected chi connectivity index (χ1v) is 12.5. The smallest absolute Gasteiger partial charge is 0.207 e. The van der Waals surface area contributed by atoms with Gasteiger partial charge in [0.15, 0.2) is 11.5 Å². The molecular formula is C26H46O4. The van der Waals surface area contributed by atoms with Crippen LogP contribution in [0.25, 0.3) is 0 Å². The molecule has 4 heteroatoms. The van der Waals surface area contributed by atoms with E-state index in [1.807, 2.05) is 6.92 Å². The second-order valence-electron chi connectivity index (χ2n) is 8.34. The number of phenolic OH excluding ortho intramolecular Hbond substituents is 2. The van der Waals surface area contributed by atoms with Gasteiger partial charge in [0.2, 0.25) is 11.5 Å². The monoisotopic (exact) mass is 422 g/mol. The first-order valence-electron chi connectivity index (χ1n) is 12.5. The van der Waals surface area contributed by atoms with Crippen molar-refractivity contribution in [1.29, 1.82) is 0 Å². The molecule has 0 atom stereocenters. The van der Waals surface area contributed by atoms with Crippen LogP contribution >= 0.6 is 0 Å². The van der Waals surface area contributed by atoms with Crippen LogP contribution in [-0.4, -0.2) is 23.4 Å². The molecule has 0 aliphatic carbocycles. The van der Waals surface area contributed by atoms with Crippen LogP contribution in [0.1, 0.15) is 116 Å². The lowest BCUT2D eigenvalue weighted by Gasteiger charge is -2.22. The molecule has 30 heavy (non-hydrogen) atoms. The molecule has 0 bridgehead atoms. The average Bonchev–Trinajstić information content (AvgIpc) is 2.75. The summed E-state index contributed by atoms with van der Waals surface area (Å²) in [5.41, 5.74) is 1.89. The number of hydrogen-bond donors (Lipinski definition) is 2. The summed E-state index contributed by atoms with van der Waals surface area (Å²) in [6.45, 7) is 9.61. The zero-order valence-corrected chi connectivity index (χ0v) is 20.0. The lowest BCUT2D eigenvalue weighted by Crippen LogP contribution is -2.08. The highest BCUT2D eigenvalue weighted by Crippen LogP contribution is 2.49. The normalized spacial score (nSPS) is 11.1. The number of unbranched alkanes of at least 4 members (excludes halogenated alkanes) is 8. The molecule has 0 amide bonds. The third kappa shape index (κ3) is 8.65. The van der Waals surface area contributed by atoms with Gasteiger partial charge in [-0.25, -0.2) is 0 Å². The molecule has 0 fully saturated rings. The van der Waals surface area contributed by atoms with Gasteiger partial charge in [-0.3, -0.25) is 0 Å². The van der Waals surface area contributed by atoms with Gasteiger partial charge in [-0.2, -0.15) is 0 Å². The second kappa shape index (κ2) is 16.2. The summed E-state index contributed by atoms with van der Waals surface area (Å²) in [6, 6.07) is 0. The summed E-state index contributed by atoms with van der Waals surface area (Å²) in [7, 11) is 0. The van der Waals surface area contributed by atoms with E-state index in [1.54, 1.807) is 0 Å². The van der Waals surface area contributed by atoms with Gasteiger partial charge in [0, 0.05) is 11.1 Å². The number of rotatable bonds is 18. The zero-order chi connectivity index (χ0) is 22.2. The Hall–Kier alpha value is -1.58. The van der Waals surface area contributed by atoms with Crippen molar-refractivity contribution in [3.63, 3.8) is 0 Å². The third-order valence-corrected chi connectivity index (χ3v) is 5.53. The number of aromatic hydroxyl groups is 2. The minimum atomic E-state index is -0.159. The highest BCUT2D eigenvalue weighted by molar-refractivity contribution is 5.66. The standard InChI is InChI=1S/C26H46O4/c1-5-9-11-13-15-17-21-22(18-16-14-12-10-6-2)25(29-19-7-3)26(30-20-8-4)24(28)23(21)27/h27-28H,5-20H2,1-4H3. The molecule has 0 aromatic heterocycles. The van der Waals surface area contributed by atoms with Gasteiger partial charge in [-0.1, -0.05) is 79.1 Å². The van der Waals surface area contributed by atoms with Gasteiger partial charge in [0.1, 0.15) is 0 Å². The molecule has 1 rings (SSSR count). The first-order chi connectivity index (χ1) is 14.6. The molecule has 0 heterocycles. The van der Waals surface area contributed by atoms with Gasteiger partial charge >= 0.3 is 0 Å².